The highest BCUT2D eigenvalue weighted by Gasteiger charge is 2.24. The third-order valence-corrected chi connectivity index (χ3v) is 20.2. The summed E-state index contributed by atoms with van der Waals surface area (Å²) < 4.78 is 18.2. The van der Waals surface area contributed by atoms with Crippen LogP contribution in [-0.4, -0.2) is 19.1 Å². The van der Waals surface area contributed by atoms with Crippen LogP contribution in [0.4, 0.5) is 34.1 Å². The second-order valence-electron chi connectivity index (χ2n) is 26.1. The smallest absolute Gasteiger partial charge is 0.227 e. The number of nitrogens with zero attached hydrogens (tertiary/aromatic N) is 6. The number of oxazole rings is 2. The van der Waals surface area contributed by atoms with Crippen molar-refractivity contribution in [2.24, 2.45) is 0 Å². The summed E-state index contributed by atoms with van der Waals surface area (Å²) >= 11 is 0. The monoisotopic (exact) mass is 1300 g/mol. The van der Waals surface area contributed by atoms with Crippen LogP contribution in [0.1, 0.15) is 0 Å². The zero-order valence-electron chi connectivity index (χ0n) is 55.1. The fourth-order valence-corrected chi connectivity index (χ4v) is 15.3. The first kappa shape index (κ1) is 58.3. The van der Waals surface area contributed by atoms with Crippen LogP contribution in [-0.2, 0) is 0 Å². The molecule has 0 aliphatic rings. The van der Waals surface area contributed by atoms with Gasteiger partial charge in [0.1, 0.15) is 11.0 Å². The van der Waals surface area contributed by atoms with Crippen LogP contribution in [0, 0.1) is 0 Å². The molecule has 102 heavy (non-hydrogen) atoms. The van der Waals surface area contributed by atoms with E-state index in [9.17, 15) is 0 Å². The zero-order chi connectivity index (χ0) is 67.2. The average molecular weight is 1310 g/mol. The molecule has 20 rings (SSSR count). The maximum atomic E-state index is 6.99. The molecule has 0 N–H and O–H groups in total. The molecule has 478 valence electrons. The summed E-state index contributed by atoms with van der Waals surface area (Å²) in [5.74, 6) is 1.15. The fraction of sp³-hybridized carbons (Fsp3) is 0. The Labute approximate surface area is 587 Å². The van der Waals surface area contributed by atoms with Crippen molar-refractivity contribution >= 4 is 121 Å². The third-order valence-electron chi connectivity index (χ3n) is 20.2. The number of anilines is 6. The Morgan fingerprint density at radius 1 is 0.255 bits per heavy atom. The maximum absolute atomic E-state index is 6.99. The minimum absolute atomic E-state index is 0.554. The first-order chi connectivity index (χ1) is 50.5. The quantitative estimate of drug-likeness (QED) is 0.115. The van der Waals surface area contributed by atoms with E-state index in [1.54, 1.807) is 0 Å². The Hall–Kier alpha value is -13.8. The van der Waals surface area contributed by atoms with Crippen molar-refractivity contribution in [3.63, 3.8) is 0 Å². The van der Waals surface area contributed by atoms with Gasteiger partial charge in [-0.15, -0.1) is 0 Å². The number of benzene rings is 16. The maximum Gasteiger partial charge on any atom is 0.227 e. The molecule has 0 aliphatic heterocycles. The second kappa shape index (κ2) is 24.0. The summed E-state index contributed by atoms with van der Waals surface area (Å²) in [6.07, 6.45) is 0. The van der Waals surface area contributed by atoms with Crippen LogP contribution >= 0.6 is 0 Å². The van der Waals surface area contributed by atoms with Gasteiger partial charge in [-0.05, 0) is 178 Å². The van der Waals surface area contributed by atoms with Crippen LogP contribution in [0.25, 0.3) is 155 Å². The molecule has 8 nitrogen and oxygen atoms in total. The molecule has 0 fully saturated rings. The molecular formula is C94H60N6O2. The Kier molecular flexibility index (Phi) is 13.7. The largest absolute Gasteiger partial charge is 0.436 e. The lowest BCUT2D eigenvalue weighted by atomic mass is 10.0. The molecule has 0 amide bonds. The van der Waals surface area contributed by atoms with Crippen LogP contribution in [0.3, 0.4) is 0 Å². The Morgan fingerprint density at radius 3 is 1.28 bits per heavy atom. The first-order valence-corrected chi connectivity index (χ1v) is 34.5. The van der Waals surface area contributed by atoms with Crippen LogP contribution in [0.15, 0.2) is 373 Å². The van der Waals surface area contributed by atoms with Gasteiger partial charge in [0, 0.05) is 88.8 Å². The van der Waals surface area contributed by atoms with Crippen molar-refractivity contribution in [3.05, 3.63) is 364 Å². The summed E-state index contributed by atoms with van der Waals surface area (Å²) in [6.45, 7) is 0. The molecule has 0 saturated heterocycles. The zero-order valence-corrected chi connectivity index (χ0v) is 55.1. The van der Waals surface area contributed by atoms with Gasteiger partial charge in [-0.2, -0.15) is 0 Å². The highest BCUT2D eigenvalue weighted by atomic mass is 16.4. The van der Waals surface area contributed by atoms with Crippen molar-refractivity contribution < 1.29 is 8.83 Å². The SMILES string of the molecule is c1ccc(-c2ccc(N(c3ccc4ccc5nc(-c6ccc(-c7ccccc7-n7c8ccccc8c8ccc(N(c9ccc(-c%10ccccc%10)cc9)c9ccc%10ccc%11oc(-c%12ccccc%12)nc%11c%10c9)cc87)cc6)oc5c4c3)c3ccc4c5ccccc5n(-c5ccccc5)c4c3)cc2)cc1. The average Bonchev–Trinajstić information content (AvgIpc) is 1.57. The van der Waals surface area contributed by atoms with Crippen molar-refractivity contribution in [2.75, 3.05) is 9.80 Å². The van der Waals surface area contributed by atoms with Gasteiger partial charge in [0.2, 0.25) is 11.8 Å². The van der Waals surface area contributed by atoms with Gasteiger partial charge in [-0.1, -0.05) is 224 Å². The third kappa shape index (κ3) is 9.91. The first-order valence-electron chi connectivity index (χ1n) is 34.5. The fourth-order valence-electron chi connectivity index (χ4n) is 15.3. The summed E-state index contributed by atoms with van der Waals surface area (Å²) in [7, 11) is 0. The molecule has 0 radical (unpaired) electrons. The van der Waals surface area contributed by atoms with E-state index < -0.39 is 0 Å². The number of para-hydroxylation sites is 4. The van der Waals surface area contributed by atoms with Crippen molar-refractivity contribution in [1.82, 2.24) is 19.1 Å². The summed E-state index contributed by atoms with van der Waals surface area (Å²) in [4.78, 5) is 15.1. The van der Waals surface area contributed by atoms with Gasteiger partial charge in [-0.3, -0.25) is 0 Å². The normalized spacial score (nSPS) is 11.7. The Morgan fingerprint density at radius 2 is 0.667 bits per heavy atom. The second-order valence-corrected chi connectivity index (χ2v) is 26.1. The van der Waals surface area contributed by atoms with Crippen LogP contribution < -0.4 is 9.80 Å². The van der Waals surface area contributed by atoms with Crippen molar-refractivity contribution in [3.8, 4) is 67.7 Å². The van der Waals surface area contributed by atoms with E-state index in [0.29, 0.717) is 11.8 Å². The molecule has 8 heteroatoms. The number of fused-ring (bicyclic) bond motifs is 12. The van der Waals surface area contributed by atoms with Gasteiger partial charge in [0.05, 0.1) is 27.8 Å². The number of aromatic nitrogens is 4. The molecule has 4 aromatic heterocycles. The molecule has 4 heterocycles. The van der Waals surface area contributed by atoms with Crippen molar-refractivity contribution in [1.29, 1.82) is 0 Å². The van der Waals surface area contributed by atoms with Crippen molar-refractivity contribution in [2.45, 2.75) is 0 Å². The van der Waals surface area contributed by atoms with Gasteiger partial charge in [0.25, 0.3) is 0 Å². The molecule has 0 spiro atoms. The van der Waals surface area contributed by atoms with E-state index in [1.807, 2.05) is 36.4 Å². The molecule has 0 saturated carbocycles. The van der Waals surface area contributed by atoms with E-state index in [1.165, 1.54) is 21.7 Å². The highest BCUT2D eigenvalue weighted by Crippen LogP contribution is 2.46. The molecule has 0 bridgehead atoms. The standard InChI is InChI=1S/C94H60N6O2/c1-5-19-61(20-6-1)63-37-45-71(46-38-63)97(73-49-41-66-44-56-90-91(82(66)57-73)96-94(101-90)68-23-9-3-10-24-68)76-52-54-81-79-29-15-18-32-87(79)100(89(81)60-76)85-30-16-13-27-77(85)65-33-35-69(36-34-65)93-95-84-55-43-67-42-50-74(58-83(67)92(84)102-93)98(72-47-39-64(40-48-72)62-21-7-2-8-22-62)75-51-53-80-78-28-14-17-31-86(78)99(88(80)59-75)70-25-11-4-12-26-70/h1-60H. The lowest BCUT2D eigenvalue weighted by Crippen LogP contribution is -2.10. The molecule has 0 unspecified atom stereocenters. The van der Waals surface area contributed by atoms with E-state index >= 15 is 0 Å². The van der Waals surface area contributed by atoms with Crippen LogP contribution in [0.2, 0.25) is 0 Å². The Bertz CT molecular complexity index is 6600. The minimum atomic E-state index is 0.554. The van der Waals surface area contributed by atoms with E-state index in [2.05, 4.69) is 347 Å². The predicted molar refractivity (Wildman–Crippen MR) is 422 cm³/mol. The van der Waals surface area contributed by atoms with Gasteiger partial charge in [0.15, 0.2) is 11.2 Å². The van der Waals surface area contributed by atoms with Gasteiger partial charge < -0.3 is 27.8 Å². The lowest BCUT2D eigenvalue weighted by molar-refractivity contribution is 0.620. The number of rotatable bonds is 13. The predicted octanol–water partition coefficient (Wildman–Crippen LogP) is 25.7. The highest BCUT2D eigenvalue weighted by molar-refractivity contribution is 6.13. The number of hydrogen-bond acceptors (Lipinski definition) is 6. The molecule has 0 aliphatic carbocycles. The summed E-state index contributed by atoms with van der Waals surface area (Å²) in [5.41, 5.74) is 24.4. The molecule has 0 atom stereocenters. The minimum Gasteiger partial charge on any atom is -0.436 e. The number of hydrogen-bond donors (Lipinski definition) is 0. The lowest BCUT2D eigenvalue weighted by Gasteiger charge is -2.26. The topological polar surface area (TPSA) is 68.4 Å². The summed E-state index contributed by atoms with van der Waals surface area (Å²) in [5, 5.41) is 8.84. The molecule has 16 aromatic carbocycles. The molecule has 20 aromatic rings. The van der Waals surface area contributed by atoms with E-state index in [-0.39, 0.29) is 0 Å². The van der Waals surface area contributed by atoms with Crippen LogP contribution in [0.5, 0.6) is 0 Å². The Balaban J connectivity index is 0.677. The van der Waals surface area contributed by atoms with E-state index in [0.717, 1.165) is 156 Å². The molecular weight excluding hydrogens is 1250 g/mol. The van der Waals surface area contributed by atoms with Gasteiger partial charge >= 0.3 is 0 Å². The van der Waals surface area contributed by atoms with Gasteiger partial charge in [-0.25, -0.2) is 9.97 Å². The summed E-state index contributed by atoms with van der Waals surface area (Å²) in [6, 6.07) is 130. The van der Waals surface area contributed by atoms with E-state index in [4.69, 9.17) is 18.8 Å².